The molecular weight excluding hydrogens is 242 g/mol. The fourth-order valence-corrected chi connectivity index (χ4v) is 3.47. The van der Waals surface area contributed by atoms with Gasteiger partial charge in [0.2, 0.25) is 0 Å². The summed E-state index contributed by atoms with van der Waals surface area (Å²) in [4.78, 5) is 6.34. The number of nitrogens with zero attached hydrogens (tertiary/aromatic N) is 2. The molecule has 4 heteroatoms. The van der Waals surface area contributed by atoms with Crippen LogP contribution < -0.4 is 5.32 Å². The summed E-state index contributed by atoms with van der Waals surface area (Å²) in [6, 6.07) is 3.35. The average molecular weight is 267 g/mol. The van der Waals surface area contributed by atoms with Crippen LogP contribution in [0.4, 0.5) is 0 Å². The van der Waals surface area contributed by atoms with Crippen molar-refractivity contribution in [3.8, 4) is 0 Å². The molecule has 1 aliphatic heterocycles. The molecule has 0 spiro atoms. The zero-order valence-electron chi connectivity index (χ0n) is 11.9. The van der Waals surface area contributed by atoms with Gasteiger partial charge in [-0.2, -0.15) is 0 Å². The van der Waals surface area contributed by atoms with Crippen LogP contribution in [0.15, 0.2) is 11.4 Å². The number of nitrogens with one attached hydrogen (secondary N) is 1. The van der Waals surface area contributed by atoms with E-state index >= 15 is 0 Å². The Bertz CT molecular complexity index is 377. The third-order valence-electron chi connectivity index (χ3n) is 3.82. The van der Waals surface area contributed by atoms with Gasteiger partial charge in [0.15, 0.2) is 0 Å². The van der Waals surface area contributed by atoms with Crippen LogP contribution in [0.5, 0.6) is 0 Å². The molecule has 0 aliphatic carbocycles. The monoisotopic (exact) mass is 267 g/mol. The van der Waals surface area contributed by atoms with Crippen molar-refractivity contribution in [3.63, 3.8) is 0 Å². The molecule has 102 valence electrons. The quantitative estimate of drug-likeness (QED) is 0.899. The lowest BCUT2D eigenvalue weighted by atomic mass is 9.98. The van der Waals surface area contributed by atoms with Crippen molar-refractivity contribution >= 4 is 11.3 Å². The molecular formula is C14H25N3S. The molecule has 1 aromatic heterocycles. The number of piperazine rings is 1. The van der Waals surface area contributed by atoms with Gasteiger partial charge in [-0.1, -0.05) is 6.92 Å². The first-order valence-electron chi connectivity index (χ1n) is 6.79. The molecule has 2 atom stereocenters. The summed E-state index contributed by atoms with van der Waals surface area (Å²) in [5.74, 6) is 0. The Labute approximate surface area is 115 Å². The zero-order chi connectivity index (χ0) is 13.1. The topological polar surface area (TPSA) is 18.5 Å². The third-order valence-corrected chi connectivity index (χ3v) is 4.70. The van der Waals surface area contributed by atoms with Gasteiger partial charge >= 0.3 is 0 Å². The first-order valence-corrected chi connectivity index (χ1v) is 7.67. The van der Waals surface area contributed by atoms with Gasteiger partial charge in [0.25, 0.3) is 0 Å². The molecule has 0 radical (unpaired) electrons. The average Bonchev–Trinajstić information content (AvgIpc) is 2.76. The molecule has 1 fully saturated rings. The second-order valence-corrected chi connectivity index (χ2v) is 6.45. The minimum absolute atomic E-state index is 0.452. The van der Waals surface area contributed by atoms with E-state index in [2.05, 4.69) is 54.5 Å². The number of hydrogen-bond donors (Lipinski definition) is 1. The van der Waals surface area contributed by atoms with Crippen LogP contribution in [0.3, 0.4) is 0 Å². The predicted octanol–water partition coefficient (Wildman–Crippen LogP) is 1.95. The van der Waals surface area contributed by atoms with Crippen molar-refractivity contribution in [2.75, 3.05) is 40.3 Å². The van der Waals surface area contributed by atoms with E-state index in [1.165, 1.54) is 17.0 Å². The van der Waals surface area contributed by atoms with Crippen molar-refractivity contribution in [1.82, 2.24) is 15.1 Å². The number of likely N-dealkylation sites (N-methyl/N-ethyl adjacent to an activating group) is 3. The Morgan fingerprint density at radius 1 is 1.44 bits per heavy atom. The minimum atomic E-state index is 0.452. The van der Waals surface area contributed by atoms with Gasteiger partial charge in [-0.3, -0.25) is 4.90 Å². The van der Waals surface area contributed by atoms with Crippen LogP contribution in [0.2, 0.25) is 0 Å². The maximum absolute atomic E-state index is 3.67. The summed E-state index contributed by atoms with van der Waals surface area (Å²) < 4.78 is 0. The Balaban J connectivity index is 2.18. The molecule has 2 unspecified atom stereocenters. The minimum Gasteiger partial charge on any atom is -0.309 e. The summed E-state index contributed by atoms with van der Waals surface area (Å²) in [5, 5.41) is 5.98. The number of hydrogen-bond acceptors (Lipinski definition) is 4. The van der Waals surface area contributed by atoms with E-state index in [4.69, 9.17) is 0 Å². The third kappa shape index (κ3) is 3.12. The fourth-order valence-electron chi connectivity index (χ4n) is 2.73. The van der Waals surface area contributed by atoms with E-state index in [-0.39, 0.29) is 0 Å². The van der Waals surface area contributed by atoms with Gasteiger partial charge in [-0.05, 0) is 44.6 Å². The molecule has 0 saturated carbocycles. The molecule has 2 heterocycles. The molecule has 1 N–H and O–H groups in total. The second-order valence-electron chi connectivity index (χ2n) is 5.34. The SMILES string of the molecule is CCNC(c1csc(C)c1)C1CN(C)CCN1C. The fraction of sp³-hybridized carbons (Fsp3) is 0.714. The highest BCUT2D eigenvalue weighted by molar-refractivity contribution is 7.10. The van der Waals surface area contributed by atoms with Crippen LogP contribution in [-0.4, -0.2) is 56.1 Å². The van der Waals surface area contributed by atoms with E-state index in [1.807, 2.05) is 11.3 Å². The van der Waals surface area contributed by atoms with Crippen LogP contribution in [0.1, 0.15) is 23.4 Å². The summed E-state index contributed by atoms with van der Waals surface area (Å²) in [6.45, 7) is 8.88. The van der Waals surface area contributed by atoms with Crippen LogP contribution in [0, 0.1) is 6.92 Å². The van der Waals surface area contributed by atoms with Gasteiger partial charge in [0.1, 0.15) is 0 Å². The molecule has 0 aromatic carbocycles. The summed E-state index contributed by atoms with van der Waals surface area (Å²) >= 11 is 1.85. The smallest absolute Gasteiger partial charge is 0.0498 e. The molecule has 1 saturated heterocycles. The van der Waals surface area contributed by atoms with Gasteiger partial charge in [0.05, 0.1) is 0 Å². The van der Waals surface area contributed by atoms with Gasteiger partial charge < -0.3 is 10.2 Å². The number of thiophene rings is 1. The van der Waals surface area contributed by atoms with Crippen LogP contribution in [0.25, 0.3) is 0 Å². The normalized spacial score (nSPS) is 24.3. The first kappa shape index (κ1) is 14.0. The molecule has 1 aliphatic rings. The highest BCUT2D eigenvalue weighted by Crippen LogP contribution is 2.27. The van der Waals surface area contributed by atoms with Crippen molar-refractivity contribution in [2.24, 2.45) is 0 Å². The van der Waals surface area contributed by atoms with E-state index in [1.54, 1.807) is 0 Å². The van der Waals surface area contributed by atoms with Gasteiger partial charge in [-0.25, -0.2) is 0 Å². The van der Waals surface area contributed by atoms with Crippen LogP contribution >= 0.6 is 11.3 Å². The molecule has 0 bridgehead atoms. The Morgan fingerprint density at radius 3 is 2.83 bits per heavy atom. The summed E-state index contributed by atoms with van der Waals surface area (Å²) in [7, 11) is 4.48. The van der Waals surface area contributed by atoms with Crippen molar-refractivity contribution in [1.29, 1.82) is 0 Å². The lowest BCUT2D eigenvalue weighted by molar-refractivity contribution is 0.0881. The lowest BCUT2D eigenvalue weighted by Crippen LogP contribution is -2.55. The molecule has 3 nitrogen and oxygen atoms in total. The first-order chi connectivity index (χ1) is 8.61. The van der Waals surface area contributed by atoms with E-state index in [0.717, 1.165) is 19.6 Å². The predicted molar refractivity (Wildman–Crippen MR) is 79.4 cm³/mol. The molecule has 0 amide bonds. The Hall–Kier alpha value is -0.420. The zero-order valence-corrected chi connectivity index (χ0v) is 12.8. The van der Waals surface area contributed by atoms with Gasteiger partial charge in [0, 0.05) is 36.6 Å². The highest BCUT2D eigenvalue weighted by atomic mass is 32.1. The van der Waals surface area contributed by atoms with Crippen molar-refractivity contribution in [3.05, 3.63) is 21.9 Å². The maximum Gasteiger partial charge on any atom is 0.0498 e. The standard InChI is InChI=1S/C14H25N3S/c1-5-15-14(12-8-11(2)18-10-12)13-9-16(3)6-7-17(13)4/h8,10,13-15H,5-7,9H2,1-4H3. The lowest BCUT2D eigenvalue weighted by Gasteiger charge is -2.42. The Kier molecular flexibility index (Phi) is 4.78. The number of aryl methyl sites for hydroxylation is 1. The molecule has 18 heavy (non-hydrogen) atoms. The van der Waals surface area contributed by atoms with Crippen molar-refractivity contribution in [2.45, 2.75) is 25.9 Å². The Morgan fingerprint density at radius 2 is 2.22 bits per heavy atom. The maximum atomic E-state index is 3.67. The number of rotatable bonds is 4. The van der Waals surface area contributed by atoms with E-state index in [9.17, 15) is 0 Å². The largest absolute Gasteiger partial charge is 0.309 e. The van der Waals surface area contributed by atoms with Crippen molar-refractivity contribution < 1.29 is 0 Å². The summed E-state index contributed by atoms with van der Waals surface area (Å²) in [5.41, 5.74) is 1.45. The van der Waals surface area contributed by atoms with Crippen LogP contribution in [-0.2, 0) is 0 Å². The second kappa shape index (κ2) is 6.15. The molecule has 1 aromatic rings. The summed E-state index contributed by atoms with van der Waals surface area (Å²) in [6.07, 6.45) is 0. The molecule has 2 rings (SSSR count). The van der Waals surface area contributed by atoms with E-state index in [0.29, 0.717) is 12.1 Å². The van der Waals surface area contributed by atoms with Gasteiger partial charge in [-0.15, -0.1) is 11.3 Å². The highest BCUT2D eigenvalue weighted by Gasteiger charge is 2.30. The van der Waals surface area contributed by atoms with E-state index < -0.39 is 0 Å².